The van der Waals surface area contributed by atoms with Crippen molar-refractivity contribution in [1.82, 2.24) is 0 Å². The molecule has 30 heavy (non-hydrogen) atoms. The van der Waals surface area contributed by atoms with Crippen LogP contribution in [0.25, 0.3) is 0 Å². The van der Waals surface area contributed by atoms with E-state index in [0.29, 0.717) is 0 Å². The van der Waals surface area contributed by atoms with E-state index in [1.165, 1.54) is 34.6 Å². The number of hydrogen-bond acceptors (Lipinski definition) is 10. The standard InChI is InChI=1S/C20H30O10/c1-11-6-16(21)27-13(3)8-18(23)29-15(5)10-20(25)30-14(4)9-19(24)28-12(2)7-17(22)26-11/h11-15H,6-10H2,1-5H3/t11-,12-,13-,14-,15?/m1/s1. The van der Waals surface area contributed by atoms with Gasteiger partial charge in [-0.25, -0.2) is 0 Å². The van der Waals surface area contributed by atoms with Crippen LogP contribution in [0.4, 0.5) is 0 Å². The second kappa shape index (κ2) is 12.1. The van der Waals surface area contributed by atoms with Gasteiger partial charge in [-0.15, -0.1) is 0 Å². The van der Waals surface area contributed by atoms with Gasteiger partial charge >= 0.3 is 29.8 Å². The minimum atomic E-state index is -0.753. The average Bonchev–Trinajstić information content (AvgIpc) is 2.50. The number of carbonyl (C=O) groups is 5. The molecular formula is C20H30O10. The fourth-order valence-electron chi connectivity index (χ4n) is 2.74. The summed E-state index contributed by atoms with van der Waals surface area (Å²) >= 11 is 0. The van der Waals surface area contributed by atoms with Crippen molar-refractivity contribution in [2.75, 3.05) is 0 Å². The van der Waals surface area contributed by atoms with E-state index >= 15 is 0 Å². The second-order valence-corrected chi connectivity index (χ2v) is 7.52. The molecule has 0 spiro atoms. The lowest BCUT2D eigenvalue weighted by Gasteiger charge is -2.20. The summed E-state index contributed by atoms with van der Waals surface area (Å²) in [5, 5.41) is 0. The van der Waals surface area contributed by atoms with Crippen LogP contribution in [0, 0.1) is 0 Å². The Labute approximate surface area is 175 Å². The molecule has 170 valence electrons. The zero-order valence-corrected chi connectivity index (χ0v) is 18.0. The van der Waals surface area contributed by atoms with Crippen LogP contribution in [-0.4, -0.2) is 60.4 Å². The fraction of sp³-hybridized carbons (Fsp3) is 0.750. The lowest BCUT2D eigenvalue weighted by Crippen LogP contribution is -2.29. The molecule has 10 heteroatoms. The molecule has 0 radical (unpaired) electrons. The molecule has 1 rings (SSSR count). The summed E-state index contributed by atoms with van der Waals surface area (Å²) in [6, 6.07) is 0. The summed E-state index contributed by atoms with van der Waals surface area (Å²) in [4.78, 5) is 59.7. The second-order valence-electron chi connectivity index (χ2n) is 7.52. The molecule has 1 saturated heterocycles. The highest BCUT2D eigenvalue weighted by Crippen LogP contribution is 2.12. The quantitative estimate of drug-likeness (QED) is 0.412. The Morgan fingerprint density at radius 1 is 0.400 bits per heavy atom. The number of hydrogen-bond donors (Lipinski definition) is 0. The molecule has 1 aliphatic rings. The van der Waals surface area contributed by atoms with Gasteiger partial charge in [-0.3, -0.25) is 24.0 Å². The number of rotatable bonds is 0. The first-order valence-corrected chi connectivity index (χ1v) is 9.92. The van der Waals surface area contributed by atoms with Crippen LogP contribution in [0.2, 0.25) is 0 Å². The zero-order valence-electron chi connectivity index (χ0n) is 18.0. The van der Waals surface area contributed by atoms with Gasteiger partial charge in [-0.2, -0.15) is 0 Å². The first-order valence-electron chi connectivity index (χ1n) is 9.92. The summed E-state index contributed by atoms with van der Waals surface area (Å²) in [7, 11) is 0. The topological polar surface area (TPSA) is 132 Å². The Morgan fingerprint density at radius 3 is 0.667 bits per heavy atom. The Bertz CT molecular complexity index is 476. The Morgan fingerprint density at radius 2 is 0.533 bits per heavy atom. The van der Waals surface area contributed by atoms with E-state index in [1.54, 1.807) is 0 Å². The molecule has 1 fully saturated rings. The van der Waals surface area contributed by atoms with E-state index in [1.807, 2.05) is 0 Å². The van der Waals surface area contributed by atoms with Crippen LogP contribution >= 0.6 is 0 Å². The first kappa shape index (κ1) is 25.4. The summed E-state index contributed by atoms with van der Waals surface area (Å²) in [5.41, 5.74) is 0. The Kier molecular flexibility index (Phi) is 10.3. The van der Waals surface area contributed by atoms with Crippen LogP contribution in [0.15, 0.2) is 0 Å². The SMILES string of the molecule is CC1CC(=O)O[C@H](C)CC(=O)O[C@H](C)CC(=O)O[C@H](C)CC(=O)O[C@H](C)CC(=O)O1. The van der Waals surface area contributed by atoms with Crippen molar-refractivity contribution in [1.29, 1.82) is 0 Å². The normalized spacial score (nSPS) is 31.5. The van der Waals surface area contributed by atoms with Crippen molar-refractivity contribution in [3.63, 3.8) is 0 Å². The third-order valence-electron chi connectivity index (χ3n) is 3.93. The molecule has 1 heterocycles. The van der Waals surface area contributed by atoms with Crippen molar-refractivity contribution in [3.8, 4) is 0 Å². The van der Waals surface area contributed by atoms with Crippen molar-refractivity contribution in [2.24, 2.45) is 0 Å². The maximum absolute atomic E-state index is 11.9. The molecule has 0 aromatic rings. The van der Waals surface area contributed by atoms with Gasteiger partial charge in [0.2, 0.25) is 0 Å². The molecule has 0 aromatic heterocycles. The molecule has 0 aliphatic carbocycles. The van der Waals surface area contributed by atoms with Crippen LogP contribution < -0.4 is 0 Å². The third kappa shape index (κ3) is 10.8. The highest BCUT2D eigenvalue weighted by molar-refractivity contribution is 5.76. The summed E-state index contributed by atoms with van der Waals surface area (Å²) in [6.07, 6.45) is -4.74. The molecule has 0 N–H and O–H groups in total. The van der Waals surface area contributed by atoms with Gasteiger partial charge in [-0.05, 0) is 34.6 Å². The highest BCUT2D eigenvalue weighted by Gasteiger charge is 2.24. The number of esters is 5. The summed E-state index contributed by atoms with van der Waals surface area (Å²) < 4.78 is 25.6. The van der Waals surface area contributed by atoms with E-state index in [-0.39, 0.29) is 32.1 Å². The van der Waals surface area contributed by atoms with Gasteiger partial charge < -0.3 is 23.7 Å². The number of carbonyl (C=O) groups excluding carboxylic acids is 5. The molecule has 10 nitrogen and oxygen atoms in total. The Hall–Kier alpha value is -2.65. The molecular weight excluding hydrogens is 400 g/mol. The van der Waals surface area contributed by atoms with E-state index in [9.17, 15) is 24.0 Å². The molecule has 0 amide bonds. The summed E-state index contributed by atoms with van der Waals surface area (Å²) in [5.74, 6) is -3.22. The molecule has 5 atom stereocenters. The fourth-order valence-corrected chi connectivity index (χ4v) is 2.74. The third-order valence-corrected chi connectivity index (χ3v) is 3.93. The van der Waals surface area contributed by atoms with Crippen molar-refractivity contribution >= 4 is 29.8 Å². The van der Waals surface area contributed by atoms with Gasteiger partial charge in [0.1, 0.15) is 30.5 Å². The molecule has 1 aliphatic heterocycles. The Balaban J connectivity index is 2.80. The minimum absolute atomic E-state index is 0.195. The van der Waals surface area contributed by atoms with Crippen LogP contribution in [0.1, 0.15) is 66.7 Å². The predicted molar refractivity (Wildman–Crippen MR) is 101 cm³/mol. The highest BCUT2D eigenvalue weighted by atomic mass is 16.6. The van der Waals surface area contributed by atoms with Crippen molar-refractivity contribution in [2.45, 2.75) is 97.2 Å². The minimum Gasteiger partial charge on any atom is -0.462 e. The number of ether oxygens (including phenoxy) is 5. The largest absolute Gasteiger partial charge is 0.462 e. The van der Waals surface area contributed by atoms with E-state index in [0.717, 1.165) is 0 Å². The molecule has 0 saturated carbocycles. The van der Waals surface area contributed by atoms with E-state index in [4.69, 9.17) is 23.7 Å². The molecule has 0 bridgehead atoms. The average molecular weight is 430 g/mol. The number of cyclic esters (lactones) is 5. The van der Waals surface area contributed by atoms with Crippen LogP contribution in [0.5, 0.6) is 0 Å². The van der Waals surface area contributed by atoms with Crippen LogP contribution in [0.3, 0.4) is 0 Å². The van der Waals surface area contributed by atoms with E-state index < -0.39 is 60.4 Å². The lowest BCUT2D eigenvalue weighted by atomic mass is 10.2. The van der Waals surface area contributed by atoms with Gasteiger partial charge in [0, 0.05) is 0 Å². The van der Waals surface area contributed by atoms with Gasteiger partial charge in [0.15, 0.2) is 0 Å². The van der Waals surface area contributed by atoms with Gasteiger partial charge in [0.05, 0.1) is 32.1 Å². The van der Waals surface area contributed by atoms with Crippen LogP contribution in [-0.2, 0) is 47.7 Å². The molecule has 0 aromatic carbocycles. The monoisotopic (exact) mass is 430 g/mol. The predicted octanol–water partition coefficient (Wildman–Crippen LogP) is 1.61. The zero-order chi connectivity index (χ0) is 22.8. The van der Waals surface area contributed by atoms with Gasteiger partial charge in [0.25, 0.3) is 0 Å². The lowest BCUT2D eigenvalue weighted by molar-refractivity contribution is -0.163. The smallest absolute Gasteiger partial charge is 0.309 e. The molecule has 1 unspecified atom stereocenters. The maximum atomic E-state index is 11.9. The summed E-state index contributed by atoms with van der Waals surface area (Å²) in [6.45, 7) is 7.63. The first-order chi connectivity index (χ1) is 13.9. The van der Waals surface area contributed by atoms with Crippen molar-refractivity contribution < 1.29 is 47.7 Å². The maximum Gasteiger partial charge on any atom is 0.309 e. The van der Waals surface area contributed by atoms with E-state index in [2.05, 4.69) is 0 Å². The van der Waals surface area contributed by atoms with Crippen molar-refractivity contribution in [3.05, 3.63) is 0 Å². The van der Waals surface area contributed by atoms with Gasteiger partial charge in [-0.1, -0.05) is 0 Å².